The van der Waals surface area contributed by atoms with Crippen molar-refractivity contribution < 1.29 is 52.7 Å². The van der Waals surface area contributed by atoms with E-state index in [2.05, 4.69) is 37.2 Å². The van der Waals surface area contributed by atoms with Crippen LogP contribution in [-0.4, -0.2) is 121 Å². The first-order valence-corrected chi connectivity index (χ1v) is 25.3. The molecule has 0 radical (unpaired) electrons. The first-order chi connectivity index (χ1) is 33.4. The first kappa shape index (κ1) is 97.9. The molecule has 0 aliphatic carbocycles. The molecule has 0 heterocycles. The fourth-order valence-electron chi connectivity index (χ4n) is 6.02. The molecule has 0 aromatic carbocycles. The predicted octanol–water partition coefficient (Wildman–Crippen LogP) is 0.717. The van der Waals surface area contributed by atoms with Crippen molar-refractivity contribution in [3.05, 3.63) is 0 Å². The van der Waals surface area contributed by atoms with Crippen molar-refractivity contribution in [2.24, 2.45) is 58.3 Å². The number of carbonyl (C=O) groups excluding carboxylic acids is 11. The van der Waals surface area contributed by atoms with Crippen LogP contribution in [0.1, 0.15) is 160 Å². The second-order valence-corrected chi connectivity index (χ2v) is 19.5. The molecule has 7 atom stereocenters. The number of carbonyl (C=O) groups is 11. The van der Waals surface area contributed by atoms with Crippen molar-refractivity contribution >= 4 is 159 Å². The van der Waals surface area contributed by atoms with Gasteiger partial charge < -0.3 is 65.9 Å². The molecule has 0 unspecified atom stereocenters. The number of unbranched alkanes of at least 4 members (excludes halogenated alkanes) is 3. The Morgan fingerprint density at radius 2 is 0.658 bits per heavy atom. The van der Waals surface area contributed by atoms with Crippen LogP contribution in [0.3, 0.4) is 0 Å². The standard InChI is InChI=1S/C23H43N5O5.C13H26N4O3.C13H25N3O3.7H2S/c1-13(2)11-18(28-23(33)16(6)24)19(29)12-15(5)22(32)27-17(20(25)30)9-7-8-10-26-21(31)14(3)4;1-8(2)12(19)16-7-5-4-6-10(11(15)18)17-13(20)9(3)14;1-4-11(17)16-10(12(14)18)7-5-6-8-15-13(19)9(2)3;;;;;;;/h13-18H,7-12,24H2,1-6H3,(H2,25,30)(H,26,31)(H,27,32)(H,28,33);8-10H,4-7,14H2,1-3H3,(H2,15,18)(H,16,19)(H,17,20);9-10H,4-8H2,1-3H3,(H2,14,18)(H,15,19)(H,16,17);7*1H2/t15-,16+,17+,18+;9-,10-;10-;;;;;;;/m100......./s1. The van der Waals surface area contributed by atoms with Crippen LogP contribution in [0, 0.1) is 29.6 Å². The third-order valence-corrected chi connectivity index (χ3v) is 10.7. The lowest BCUT2D eigenvalue weighted by Crippen LogP contribution is -2.49. The molecule has 17 N–H and O–H groups in total. The Balaban J connectivity index is -0.000000114. The van der Waals surface area contributed by atoms with Gasteiger partial charge in [-0.15, -0.1) is 0 Å². The fourth-order valence-corrected chi connectivity index (χ4v) is 6.02. The van der Waals surface area contributed by atoms with Crippen LogP contribution >= 0.6 is 94.5 Å². The molecule has 0 aromatic heterocycles. The molecule has 23 nitrogen and oxygen atoms in total. The maximum atomic E-state index is 12.8. The number of nitrogens with two attached hydrogens (primary N) is 5. The van der Waals surface area contributed by atoms with Gasteiger partial charge in [0.05, 0.1) is 18.1 Å². The van der Waals surface area contributed by atoms with Gasteiger partial charge in [0.25, 0.3) is 0 Å². The molecule has 0 saturated heterocycles. The topological polar surface area (TPSA) is 402 Å². The van der Waals surface area contributed by atoms with E-state index < -0.39 is 77.6 Å². The maximum Gasteiger partial charge on any atom is 0.240 e. The highest BCUT2D eigenvalue weighted by Crippen LogP contribution is 2.13. The zero-order valence-electron chi connectivity index (χ0n) is 48.8. The highest BCUT2D eigenvalue weighted by Gasteiger charge is 2.28. The molecule has 0 aromatic rings. The van der Waals surface area contributed by atoms with Crippen molar-refractivity contribution in [1.82, 2.24) is 37.2 Å². The maximum absolute atomic E-state index is 12.8. The van der Waals surface area contributed by atoms with E-state index in [-0.39, 0.29) is 154 Å². The smallest absolute Gasteiger partial charge is 0.240 e. The van der Waals surface area contributed by atoms with Gasteiger partial charge in [-0.1, -0.05) is 69.2 Å². The summed E-state index contributed by atoms with van der Waals surface area (Å²) in [5.74, 6) is -4.23. The molecule has 472 valence electrons. The van der Waals surface area contributed by atoms with Gasteiger partial charge in [0.1, 0.15) is 18.1 Å². The normalized spacial score (nSPS) is 12.5. The van der Waals surface area contributed by atoms with Crippen LogP contribution in [0.4, 0.5) is 0 Å². The van der Waals surface area contributed by atoms with Gasteiger partial charge >= 0.3 is 0 Å². The molecule has 0 saturated carbocycles. The fraction of sp³-hybridized carbons (Fsp3) is 0.776. The van der Waals surface area contributed by atoms with Gasteiger partial charge in [-0.2, -0.15) is 94.5 Å². The highest BCUT2D eigenvalue weighted by atomic mass is 32.1. The van der Waals surface area contributed by atoms with Crippen molar-refractivity contribution in [2.45, 2.75) is 196 Å². The number of rotatable bonds is 34. The molecule has 0 rings (SSSR count). The summed E-state index contributed by atoms with van der Waals surface area (Å²) < 4.78 is 0. The van der Waals surface area contributed by atoms with Crippen LogP contribution in [0.25, 0.3) is 0 Å². The molecule has 0 aliphatic rings. The van der Waals surface area contributed by atoms with Crippen LogP contribution in [0.5, 0.6) is 0 Å². The van der Waals surface area contributed by atoms with E-state index in [1.165, 1.54) is 13.8 Å². The Labute approximate surface area is 520 Å². The van der Waals surface area contributed by atoms with Gasteiger partial charge in [-0.3, -0.25) is 52.7 Å². The molecule has 30 heteroatoms. The van der Waals surface area contributed by atoms with Crippen molar-refractivity contribution in [2.75, 3.05) is 19.6 Å². The minimum atomic E-state index is -0.861. The Hall–Kier alpha value is -3.26. The van der Waals surface area contributed by atoms with Crippen LogP contribution in [-0.2, 0) is 52.7 Å². The average molecular weight is 1270 g/mol. The Morgan fingerprint density at radius 1 is 0.380 bits per heavy atom. The lowest BCUT2D eigenvalue weighted by molar-refractivity contribution is -0.133. The summed E-state index contributed by atoms with van der Waals surface area (Å²) in [6.07, 6.45) is 6.03. The van der Waals surface area contributed by atoms with E-state index in [1.54, 1.807) is 27.7 Å². The molecular weight excluding hydrogens is 1160 g/mol. The Kier molecular flexibility index (Phi) is 70.1. The Morgan fingerprint density at radius 3 is 0.911 bits per heavy atom. The second-order valence-electron chi connectivity index (χ2n) is 19.5. The summed E-state index contributed by atoms with van der Waals surface area (Å²) in [4.78, 5) is 128. The third kappa shape index (κ3) is 52.6. The molecule has 10 amide bonds. The largest absolute Gasteiger partial charge is 0.368 e. The Bertz CT molecular complexity index is 1740. The number of ketones is 1. The molecule has 0 spiro atoms. The van der Waals surface area contributed by atoms with Gasteiger partial charge in [-0.25, -0.2) is 0 Å². The van der Waals surface area contributed by atoms with E-state index >= 15 is 0 Å². The number of hydrogen-bond donors (Lipinski definition) is 12. The zero-order valence-corrected chi connectivity index (χ0v) is 55.8. The lowest BCUT2D eigenvalue weighted by atomic mass is 9.93. The van der Waals surface area contributed by atoms with Crippen LogP contribution in [0.2, 0.25) is 0 Å². The molecule has 79 heavy (non-hydrogen) atoms. The summed E-state index contributed by atoms with van der Waals surface area (Å²) in [5.41, 5.74) is 26.9. The summed E-state index contributed by atoms with van der Waals surface area (Å²) in [6.45, 7) is 22.7. The van der Waals surface area contributed by atoms with E-state index in [0.29, 0.717) is 71.0 Å². The molecular formula is C49H108N12O11S7. The lowest BCUT2D eigenvalue weighted by Gasteiger charge is -2.23. The number of nitrogens with one attached hydrogen (secondary N) is 7. The van der Waals surface area contributed by atoms with Crippen molar-refractivity contribution in [3.8, 4) is 0 Å². The van der Waals surface area contributed by atoms with E-state index in [0.717, 1.165) is 19.3 Å². The molecule has 0 bridgehead atoms. The van der Waals surface area contributed by atoms with Gasteiger partial charge in [0.2, 0.25) is 59.1 Å². The van der Waals surface area contributed by atoms with E-state index in [4.69, 9.17) is 28.7 Å². The minimum Gasteiger partial charge on any atom is -0.368 e. The second kappa shape index (κ2) is 56.6. The summed E-state index contributed by atoms with van der Waals surface area (Å²) in [6, 6.07) is -4.35. The quantitative estimate of drug-likeness (QED) is 0.0396. The third-order valence-electron chi connectivity index (χ3n) is 10.7. The van der Waals surface area contributed by atoms with Crippen LogP contribution < -0.4 is 65.9 Å². The number of hydrogen-bond acceptors (Lipinski definition) is 13. The summed E-state index contributed by atoms with van der Waals surface area (Å²) in [5, 5.41) is 18.7. The molecule has 0 fully saturated rings. The van der Waals surface area contributed by atoms with Gasteiger partial charge in [-0.05, 0) is 84.0 Å². The van der Waals surface area contributed by atoms with Crippen molar-refractivity contribution in [3.63, 3.8) is 0 Å². The average Bonchev–Trinajstić information content (AvgIpc) is 3.28. The zero-order chi connectivity index (χ0) is 56.3. The predicted molar refractivity (Wildman–Crippen MR) is 349 cm³/mol. The van der Waals surface area contributed by atoms with Gasteiger partial charge in [0.15, 0.2) is 5.78 Å². The minimum absolute atomic E-state index is 0. The number of primary amides is 3. The van der Waals surface area contributed by atoms with Crippen LogP contribution in [0.15, 0.2) is 0 Å². The summed E-state index contributed by atoms with van der Waals surface area (Å²) >= 11 is 0. The van der Waals surface area contributed by atoms with E-state index in [9.17, 15) is 52.7 Å². The first-order valence-electron chi connectivity index (χ1n) is 25.3. The highest BCUT2D eigenvalue weighted by molar-refractivity contribution is 7.60. The monoisotopic (exact) mass is 1260 g/mol. The SMILES string of the molecule is CC(C)C(=O)NCCCC[C@H](NC(=O)[C@H](C)N)C(N)=O.CC(C)C[C@H](NC(=O)[C@H](C)N)C(=O)C[C@@H](C)C(=O)N[C@@H](CCCCNC(=O)C(C)C)C(N)=O.CCC(=O)N[C@@H](CCCCNC(=O)C(C)C)C(N)=O.S.S.S.S.S.S.S. The van der Waals surface area contributed by atoms with E-state index in [1.807, 2.05) is 41.5 Å². The number of amides is 10. The number of Topliss-reactive ketones (excluding diaryl/α,β-unsaturated/α-hetero) is 1. The summed E-state index contributed by atoms with van der Waals surface area (Å²) in [7, 11) is 0. The molecule has 0 aliphatic heterocycles. The van der Waals surface area contributed by atoms with Gasteiger partial charge in [0, 0.05) is 56.1 Å². The van der Waals surface area contributed by atoms with Crippen molar-refractivity contribution in [1.29, 1.82) is 0 Å².